The molecule has 1 aromatic rings. The highest BCUT2D eigenvalue weighted by molar-refractivity contribution is 5.83. The van der Waals surface area contributed by atoms with Crippen molar-refractivity contribution in [3.8, 4) is 0 Å². The first-order valence-corrected chi connectivity index (χ1v) is 11.1. The number of piperidine rings is 1. The molecule has 2 heterocycles. The van der Waals surface area contributed by atoms with Crippen LogP contribution in [0, 0.1) is 17.2 Å². The Morgan fingerprint density at radius 1 is 1.10 bits per heavy atom. The second-order valence-electron chi connectivity index (χ2n) is 9.06. The van der Waals surface area contributed by atoms with Crippen molar-refractivity contribution in [1.29, 1.82) is 0 Å². The molecular weight excluding hydrogens is 381 g/mol. The second kappa shape index (κ2) is 8.88. The zero-order valence-corrected chi connectivity index (χ0v) is 17.7. The van der Waals surface area contributed by atoms with Crippen molar-refractivity contribution < 1.29 is 14.0 Å². The minimum Gasteiger partial charge on any atom is -0.343 e. The number of hydrogen-bond acceptors (Lipinski definition) is 3. The van der Waals surface area contributed by atoms with Gasteiger partial charge in [-0.3, -0.25) is 14.5 Å². The van der Waals surface area contributed by atoms with Gasteiger partial charge in [0.25, 0.3) is 0 Å². The van der Waals surface area contributed by atoms with Crippen LogP contribution in [0.2, 0.25) is 0 Å². The van der Waals surface area contributed by atoms with Crippen molar-refractivity contribution in [2.75, 3.05) is 39.3 Å². The van der Waals surface area contributed by atoms with Crippen LogP contribution in [-0.4, -0.2) is 65.8 Å². The average molecular weight is 414 g/mol. The third-order valence-electron chi connectivity index (χ3n) is 7.14. The molecule has 1 saturated carbocycles. The molecule has 5 nitrogen and oxygen atoms in total. The molecule has 0 N–H and O–H groups in total. The Balaban J connectivity index is 1.22. The predicted octanol–water partition coefficient (Wildman–Crippen LogP) is 3.06. The van der Waals surface area contributed by atoms with Crippen LogP contribution >= 0.6 is 0 Å². The number of rotatable bonds is 6. The summed E-state index contributed by atoms with van der Waals surface area (Å²) in [6.45, 7) is 9.11. The Hall–Kier alpha value is -2.21. The van der Waals surface area contributed by atoms with E-state index in [4.69, 9.17) is 0 Å². The molecule has 2 aliphatic heterocycles. The Labute approximate surface area is 178 Å². The Morgan fingerprint density at radius 2 is 1.83 bits per heavy atom. The fourth-order valence-corrected chi connectivity index (χ4v) is 5.07. The number of halogens is 1. The summed E-state index contributed by atoms with van der Waals surface area (Å²) in [5, 5.41) is 0. The number of allylic oxidation sites excluding steroid dienone is 1. The highest BCUT2D eigenvalue weighted by atomic mass is 19.1. The van der Waals surface area contributed by atoms with Crippen molar-refractivity contribution in [2.24, 2.45) is 11.3 Å². The van der Waals surface area contributed by atoms with Gasteiger partial charge in [0, 0.05) is 58.2 Å². The molecule has 4 rings (SSSR count). The number of carbonyl (C=O) groups excluding carboxylic acids is 2. The van der Waals surface area contributed by atoms with Gasteiger partial charge < -0.3 is 9.80 Å². The molecule has 30 heavy (non-hydrogen) atoms. The van der Waals surface area contributed by atoms with E-state index in [1.807, 2.05) is 15.9 Å². The molecule has 1 spiro atoms. The predicted molar refractivity (Wildman–Crippen MR) is 114 cm³/mol. The molecule has 6 heteroatoms. The number of amides is 2. The monoisotopic (exact) mass is 413 g/mol. The van der Waals surface area contributed by atoms with Crippen LogP contribution in [0.3, 0.4) is 0 Å². The highest BCUT2D eigenvalue weighted by Gasteiger charge is 2.59. The fraction of sp³-hybridized carbons (Fsp3) is 0.583. The summed E-state index contributed by atoms with van der Waals surface area (Å²) >= 11 is 0. The molecular formula is C24H32FN3O2. The zero-order chi connectivity index (χ0) is 21.1. The molecule has 3 fully saturated rings. The summed E-state index contributed by atoms with van der Waals surface area (Å²) in [6, 6.07) is 6.74. The van der Waals surface area contributed by atoms with E-state index < -0.39 is 0 Å². The molecule has 1 aromatic carbocycles. The first-order valence-electron chi connectivity index (χ1n) is 11.1. The van der Waals surface area contributed by atoms with E-state index in [0.29, 0.717) is 12.3 Å². The first kappa shape index (κ1) is 21.0. The van der Waals surface area contributed by atoms with Crippen molar-refractivity contribution >= 4 is 11.8 Å². The van der Waals surface area contributed by atoms with Crippen LogP contribution in [0.15, 0.2) is 36.9 Å². The second-order valence-corrected chi connectivity index (χ2v) is 9.06. The van der Waals surface area contributed by atoms with E-state index in [1.54, 1.807) is 18.2 Å². The summed E-state index contributed by atoms with van der Waals surface area (Å²) < 4.78 is 13.4. The van der Waals surface area contributed by atoms with Gasteiger partial charge in [-0.05, 0) is 48.8 Å². The third-order valence-corrected chi connectivity index (χ3v) is 7.14. The molecule has 2 amide bonds. The van der Waals surface area contributed by atoms with Crippen molar-refractivity contribution in [2.45, 2.75) is 38.6 Å². The number of piperazine rings is 1. The number of likely N-dealkylation sites (tertiary alicyclic amines) is 1. The summed E-state index contributed by atoms with van der Waals surface area (Å²) in [5.41, 5.74) is 1.11. The Bertz CT molecular complexity index is 795. The van der Waals surface area contributed by atoms with Gasteiger partial charge in [-0.2, -0.15) is 0 Å². The molecule has 1 atom stereocenters. The summed E-state index contributed by atoms with van der Waals surface area (Å²) in [4.78, 5) is 31.5. The fourth-order valence-electron chi connectivity index (χ4n) is 5.07. The van der Waals surface area contributed by atoms with Crippen LogP contribution in [0.5, 0.6) is 0 Å². The van der Waals surface area contributed by atoms with Gasteiger partial charge in [-0.25, -0.2) is 4.39 Å². The van der Waals surface area contributed by atoms with Gasteiger partial charge in [0.1, 0.15) is 5.82 Å². The molecule has 1 aliphatic carbocycles. The molecule has 0 aromatic heterocycles. The Morgan fingerprint density at radius 3 is 2.50 bits per heavy atom. The van der Waals surface area contributed by atoms with E-state index >= 15 is 0 Å². The van der Waals surface area contributed by atoms with Crippen LogP contribution in [0.1, 0.15) is 37.7 Å². The van der Waals surface area contributed by atoms with Crippen LogP contribution in [0.25, 0.3) is 0 Å². The minimum atomic E-state index is -0.200. The summed E-state index contributed by atoms with van der Waals surface area (Å²) in [7, 11) is 0. The lowest BCUT2D eigenvalue weighted by atomic mass is 9.90. The molecule has 2 saturated heterocycles. The number of carbonyl (C=O) groups is 2. The average Bonchev–Trinajstić information content (AvgIpc) is 3.45. The summed E-state index contributed by atoms with van der Waals surface area (Å²) in [5.74, 6) is 0.445. The maximum atomic E-state index is 13.4. The first-order chi connectivity index (χ1) is 14.5. The molecule has 0 radical (unpaired) electrons. The van der Waals surface area contributed by atoms with E-state index in [1.165, 1.54) is 6.07 Å². The lowest BCUT2D eigenvalue weighted by Gasteiger charge is -2.36. The van der Waals surface area contributed by atoms with Gasteiger partial charge in [0.05, 0.1) is 0 Å². The van der Waals surface area contributed by atoms with E-state index in [0.717, 1.165) is 77.1 Å². The van der Waals surface area contributed by atoms with Crippen molar-refractivity contribution in [3.05, 3.63) is 48.3 Å². The molecule has 162 valence electrons. The lowest BCUT2D eigenvalue weighted by molar-refractivity contribution is -0.136. The molecule has 3 aliphatic rings. The number of hydrogen-bond donors (Lipinski definition) is 0. The lowest BCUT2D eigenvalue weighted by Crippen LogP contribution is -2.49. The van der Waals surface area contributed by atoms with Gasteiger partial charge in [-0.1, -0.05) is 18.2 Å². The van der Waals surface area contributed by atoms with Crippen LogP contribution in [0.4, 0.5) is 4.39 Å². The van der Waals surface area contributed by atoms with E-state index in [2.05, 4.69) is 11.5 Å². The minimum absolute atomic E-state index is 0.130. The zero-order valence-electron chi connectivity index (χ0n) is 17.7. The smallest absolute Gasteiger partial charge is 0.226 e. The van der Waals surface area contributed by atoms with Gasteiger partial charge in [0.15, 0.2) is 0 Å². The summed E-state index contributed by atoms with van der Waals surface area (Å²) in [6.07, 6.45) is 5.93. The molecule has 1 unspecified atom stereocenters. The number of benzene rings is 1. The largest absolute Gasteiger partial charge is 0.343 e. The van der Waals surface area contributed by atoms with Crippen molar-refractivity contribution in [3.63, 3.8) is 0 Å². The van der Waals surface area contributed by atoms with Crippen molar-refractivity contribution in [1.82, 2.24) is 14.7 Å². The Kier molecular flexibility index (Phi) is 6.23. The standard InChI is InChI=1S/C24H32FN3O2/c1-2-3-7-22(29)27-10-8-24(9-11-27)17-21(24)23(30)28-14-12-26(13-15-28)18-19-5-4-6-20(25)16-19/h2,4-6,16,21H,1,3,7-15,17-18H2. The highest BCUT2D eigenvalue weighted by Crippen LogP contribution is 2.60. The third kappa shape index (κ3) is 4.59. The maximum absolute atomic E-state index is 13.4. The van der Waals surface area contributed by atoms with Gasteiger partial charge in [-0.15, -0.1) is 6.58 Å². The van der Waals surface area contributed by atoms with E-state index in [-0.39, 0.29) is 23.1 Å². The van der Waals surface area contributed by atoms with Crippen LogP contribution < -0.4 is 0 Å². The molecule has 0 bridgehead atoms. The normalized spacial score (nSPS) is 23.4. The van der Waals surface area contributed by atoms with Gasteiger partial charge in [0.2, 0.25) is 11.8 Å². The van der Waals surface area contributed by atoms with Gasteiger partial charge >= 0.3 is 0 Å². The van der Waals surface area contributed by atoms with E-state index in [9.17, 15) is 14.0 Å². The quantitative estimate of drug-likeness (QED) is 0.674. The topological polar surface area (TPSA) is 43.9 Å². The SMILES string of the molecule is C=CCCC(=O)N1CCC2(CC1)CC2C(=O)N1CCN(Cc2cccc(F)c2)CC1. The van der Waals surface area contributed by atoms with Crippen LogP contribution in [-0.2, 0) is 16.1 Å². The maximum Gasteiger partial charge on any atom is 0.226 e. The number of nitrogens with zero attached hydrogens (tertiary/aromatic N) is 3.